The van der Waals surface area contributed by atoms with Crippen molar-refractivity contribution in [2.45, 2.75) is 24.4 Å². The van der Waals surface area contributed by atoms with Crippen molar-refractivity contribution in [3.63, 3.8) is 0 Å². The van der Waals surface area contributed by atoms with Crippen LogP contribution in [0.4, 0.5) is 13.2 Å². The Labute approximate surface area is 187 Å². The SMILES string of the molecule is CCS(=O)(=O)c1cc(C(=O)N=S2(=O)CCC2)cnc1-c1nc2cc(C(F)(F)F)cnc2n1C. The van der Waals surface area contributed by atoms with Crippen LogP contribution in [-0.2, 0) is 32.8 Å². The molecule has 1 aliphatic heterocycles. The molecular weight excluding hydrogens is 483 g/mol. The van der Waals surface area contributed by atoms with Gasteiger partial charge in [0.25, 0.3) is 5.91 Å². The first kappa shape index (κ1) is 23.3. The number of carbonyl (C=O) groups excluding carboxylic acids is 1. The van der Waals surface area contributed by atoms with E-state index in [9.17, 15) is 30.6 Å². The van der Waals surface area contributed by atoms with Crippen LogP contribution in [0.25, 0.3) is 22.7 Å². The van der Waals surface area contributed by atoms with E-state index in [1.54, 1.807) is 0 Å². The molecule has 1 amide bonds. The lowest BCUT2D eigenvalue weighted by molar-refractivity contribution is -0.137. The number of aromatic nitrogens is 4. The van der Waals surface area contributed by atoms with E-state index in [2.05, 4.69) is 19.3 Å². The molecule has 4 rings (SSSR count). The minimum Gasteiger partial charge on any atom is -0.310 e. The van der Waals surface area contributed by atoms with E-state index in [-0.39, 0.29) is 38.9 Å². The van der Waals surface area contributed by atoms with Gasteiger partial charge in [0.2, 0.25) is 0 Å². The minimum atomic E-state index is -4.62. The molecule has 9 nitrogen and oxygen atoms in total. The highest BCUT2D eigenvalue weighted by atomic mass is 32.2. The van der Waals surface area contributed by atoms with Gasteiger partial charge in [-0.1, -0.05) is 6.92 Å². The molecule has 0 aliphatic carbocycles. The number of pyridine rings is 2. The fourth-order valence-electron chi connectivity index (χ4n) is 3.25. The largest absolute Gasteiger partial charge is 0.417 e. The number of aryl methyl sites for hydroxylation is 1. The smallest absolute Gasteiger partial charge is 0.310 e. The summed E-state index contributed by atoms with van der Waals surface area (Å²) >= 11 is 0. The fraction of sp³-hybridized carbons (Fsp3) is 0.368. The summed E-state index contributed by atoms with van der Waals surface area (Å²) in [6.45, 7) is 1.40. The van der Waals surface area contributed by atoms with E-state index in [1.807, 2.05) is 0 Å². The van der Waals surface area contributed by atoms with Crippen LogP contribution in [-0.4, -0.2) is 55.3 Å². The van der Waals surface area contributed by atoms with Crippen molar-refractivity contribution in [3.05, 3.63) is 35.7 Å². The highest BCUT2D eigenvalue weighted by Gasteiger charge is 2.32. The third kappa shape index (κ3) is 4.24. The standard InChI is InChI=1S/C19H18F3N5O4S2/c1-3-33(30,31)14-7-11(18(28)26-32(29)5-4-6-32)9-23-15(14)17-25-13-8-12(19(20,21)22)10-24-16(13)27(17)2/h7-10H,3-6H2,1-2H3. The third-order valence-corrected chi connectivity index (χ3v) is 9.33. The predicted molar refractivity (Wildman–Crippen MR) is 114 cm³/mol. The van der Waals surface area contributed by atoms with Crippen LogP contribution in [0.15, 0.2) is 33.8 Å². The molecule has 1 aliphatic rings. The first-order valence-electron chi connectivity index (χ1n) is 9.74. The Kier molecular flexibility index (Phi) is 5.55. The molecular formula is C19H18F3N5O4S2. The van der Waals surface area contributed by atoms with Gasteiger partial charge in [-0.2, -0.15) is 17.5 Å². The molecule has 0 unspecified atom stereocenters. The van der Waals surface area contributed by atoms with E-state index >= 15 is 0 Å². The monoisotopic (exact) mass is 501 g/mol. The summed E-state index contributed by atoms with van der Waals surface area (Å²) in [5, 5.41) is 0. The van der Waals surface area contributed by atoms with Gasteiger partial charge in [-0.15, -0.1) is 0 Å². The number of alkyl halides is 3. The van der Waals surface area contributed by atoms with Crippen molar-refractivity contribution in [1.29, 1.82) is 0 Å². The number of imidazole rings is 1. The summed E-state index contributed by atoms with van der Waals surface area (Å²) in [5.41, 5.74) is -1.30. The molecule has 4 heterocycles. The fourth-order valence-corrected chi connectivity index (χ4v) is 5.68. The van der Waals surface area contributed by atoms with Crippen molar-refractivity contribution < 1.29 is 30.6 Å². The number of sulfone groups is 1. The minimum absolute atomic E-state index is 0.0373. The Bertz CT molecular complexity index is 1510. The number of amides is 1. The Balaban J connectivity index is 1.89. The molecule has 0 aromatic carbocycles. The molecule has 3 aromatic heterocycles. The Morgan fingerprint density at radius 3 is 2.48 bits per heavy atom. The maximum atomic E-state index is 13.1. The first-order chi connectivity index (χ1) is 15.3. The van der Waals surface area contributed by atoms with Gasteiger partial charge in [-0.25, -0.2) is 22.6 Å². The van der Waals surface area contributed by atoms with Crippen LogP contribution in [0.1, 0.15) is 29.3 Å². The predicted octanol–water partition coefficient (Wildman–Crippen LogP) is 2.85. The third-order valence-electron chi connectivity index (χ3n) is 5.24. The van der Waals surface area contributed by atoms with Crippen molar-refractivity contribution in [1.82, 2.24) is 19.5 Å². The Morgan fingerprint density at radius 2 is 1.91 bits per heavy atom. The molecule has 0 saturated carbocycles. The summed E-state index contributed by atoms with van der Waals surface area (Å²) < 4.78 is 82.1. The number of rotatable bonds is 4. The van der Waals surface area contributed by atoms with E-state index < -0.39 is 37.2 Å². The van der Waals surface area contributed by atoms with Gasteiger partial charge >= 0.3 is 6.18 Å². The maximum absolute atomic E-state index is 13.1. The van der Waals surface area contributed by atoms with E-state index in [4.69, 9.17) is 0 Å². The van der Waals surface area contributed by atoms with Gasteiger partial charge in [0.1, 0.15) is 11.2 Å². The maximum Gasteiger partial charge on any atom is 0.417 e. The molecule has 176 valence electrons. The normalized spacial score (nSPS) is 15.9. The van der Waals surface area contributed by atoms with Crippen molar-refractivity contribution >= 4 is 36.6 Å². The highest BCUT2D eigenvalue weighted by Crippen LogP contribution is 2.33. The second-order valence-electron chi connectivity index (χ2n) is 7.46. The van der Waals surface area contributed by atoms with E-state index in [0.29, 0.717) is 24.1 Å². The van der Waals surface area contributed by atoms with Crippen molar-refractivity contribution in [2.75, 3.05) is 17.3 Å². The summed E-state index contributed by atoms with van der Waals surface area (Å²) in [5.74, 6) is -0.598. The quantitative estimate of drug-likeness (QED) is 0.538. The second kappa shape index (κ2) is 7.87. The van der Waals surface area contributed by atoms with Gasteiger partial charge in [0, 0.05) is 30.9 Å². The molecule has 1 saturated heterocycles. The summed E-state index contributed by atoms with van der Waals surface area (Å²) in [6.07, 6.45) is -2.18. The summed E-state index contributed by atoms with van der Waals surface area (Å²) in [6, 6.07) is 1.90. The number of hydrogen-bond donors (Lipinski definition) is 0. The number of halogens is 3. The molecule has 1 fully saturated rings. The van der Waals surface area contributed by atoms with Crippen LogP contribution in [0.3, 0.4) is 0 Å². The summed E-state index contributed by atoms with van der Waals surface area (Å²) in [7, 11) is -5.08. The van der Waals surface area contributed by atoms with Crippen LogP contribution in [0.2, 0.25) is 0 Å². The summed E-state index contributed by atoms with van der Waals surface area (Å²) in [4.78, 5) is 24.2. The van der Waals surface area contributed by atoms with Crippen LogP contribution < -0.4 is 0 Å². The topological polar surface area (TPSA) is 124 Å². The van der Waals surface area contributed by atoms with Crippen molar-refractivity contribution in [2.24, 2.45) is 11.4 Å². The lowest BCUT2D eigenvalue weighted by Crippen LogP contribution is -2.24. The lowest BCUT2D eigenvalue weighted by atomic mass is 10.2. The second-order valence-corrected chi connectivity index (χ2v) is 12.3. The Hall–Kier alpha value is -2.87. The molecule has 33 heavy (non-hydrogen) atoms. The number of nitrogens with zero attached hydrogens (tertiary/aromatic N) is 5. The van der Waals surface area contributed by atoms with Gasteiger partial charge < -0.3 is 4.57 Å². The van der Waals surface area contributed by atoms with Gasteiger partial charge in [-0.3, -0.25) is 9.78 Å². The van der Waals surface area contributed by atoms with E-state index in [1.165, 1.54) is 18.5 Å². The molecule has 3 aromatic rings. The zero-order chi connectivity index (χ0) is 24.2. The van der Waals surface area contributed by atoms with Crippen LogP contribution >= 0.6 is 0 Å². The van der Waals surface area contributed by atoms with Crippen LogP contribution in [0, 0.1) is 0 Å². The average Bonchev–Trinajstić information content (AvgIpc) is 3.07. The molecule has 0 bridgehead atoms. The number of hydrogen-bond acceptors (Lipinski definition) is 7. The van der Waals surface area contributed by atoms with Gasteiger partial charge in [-0.05, 0) is 18.6 Å². The zero-order valence-electron chi connectivity index (χ0n) is 17.5. The molecule has 0 spiro atoms. The lowest BCUT2D eigenvalue weighted by Gasteiger charge is -2.17. The van der Waals surface area contributed by atoms with Crippen LogP contribution in [0.5, 0.6) is 0 Å². The van der Waals surface area contributed by atoms with E-state index in [0.717, 1.165) is 18.3 Å². The zero-order valence-corrected chi connectivity index (χ0v) is 19.1. The number of carbonyl (C=O) groups is 1. The van der Waals surface area contributed by atoms with Crippen molar-refractivity contribution in [3.8, 4) is 11.5 Å². The van der Waals surface area contributed by atoms with Gasteiger partial charge in [0.05, 0.1) is 31.5 Å². The van der Waals surface area contributed by atoms with Gasteiger partial charge in [0.15, 0.2) is 21.3 Å². The molecule has 0 atom stereocenters. The molecule has 0 radical (unpaired) electrons. The highest BCUT2D eigenvalue weighted by molar-refractivity contribution is 7.95. The Morgan fingerprint density at radius 1 is 1.21 bits per heavy atom. The number of fused-ring (bicyclic) bond motifs is 1. The first-order valence-corrected chi connectivity index (χ1v) is 13.2. The molecule has 0 N–H and O–H groups in total. The molecule has 14 heteroatoms. The average molecular weight is 502 g/mol.